The van der Waals surface area contributed by atoms with Crippen LogP contribution in [0, 0.1) is 0 Å². The zero-order valence-electron chi connectivity index (χ0n) is 12.8. The summed E-state index contributed by atoms with van der Waals surface area (Å²) in [7, 11) is 1.61. The standard InChI is InChI=1S/C16H21N5O/c1-22-16-9-15(19-12-20-16)18-11-14(21-7-2-3-8-21)13-5-4-6-17-10-13/h4-6,9-10,12,14H,2-3,7-8,11H2,1H3,(H,18,19,20)/t14-/m0/s1. The fourth-order valence-electron chi connectivity index (χ4n) is 2.83. The molecule has 3 rings (SSSR count). The van der Waals surface area contributed by atoms with Crippen LogP contribution in [0.5, 0.6) is 5.88 Å². The Morgan fingerprint density at radius 2 is 2.18 bits per heavy atom. The average Bonchev–Trinajstić information content (AvgIpc) is 3.10. The van der Waals surface area contributed by atoms with Crippen molar-refractivity contribution in [3.63, 3.8) is 0 Å². The predicted molar refractivity (Wildman–Crippen MR) is 84.9 cm³/mol. The lowest BCUT2D eigenvalue weighted by Gasteiger charge is -2.28. The van der Waals surface area contributed by atoms with Gasteiger partial charge in [0.1, 0.15) is 12.1 Å². The van der Waals surface area contributed by atoms with E-state index in [1.54, 1.807) is 7.11 Å². The number of nitrogens with one attached hydrogen (secondary N) is 1. The molecular formula is C16H21N5O. The van der Waals surface area contributed by atoms with E-state index in [9.17, 15) is 0 Å². The van der Waals surface area contributed by atoms with Crippen molar-refractivity contribution in [2.75, 3.05) is 32.1 Å². The van der Waals surface area contributed by atoms with Crippen molar-refractivity contribution >= 4 is 5.82 Å². The summed E-state index contributed by atoms with van der Waals surface area (Å²) in [6, 6.07) is 6.24. The Kier molecular flexibility index (Phi) is 4.80. The number of ether oxygens (including phenoxy) is 1. The van der Waals surface area contributed by atoms with Gasteiger partial charge in [0.15, 0.2) is 0 Å². The molecule has 3 heterocycles. The Hall–Kier alpha value is -2.21. The van der Waals surface area contributed by atoms with Crippen molar-refractivity contribution in [3.8, 4) is 5.88 Å². The lowest BCUT2D eigenvalue weighted by molar-refractivity contribution is 0.255. The number of hydrogen-bond acceptors (Lipinski definition) is 6. The van der Waals surface area contributed by atoms with Crippen molar-refractivity contribution < 1.29 is 4.74 Å². The highest BCUT2D eigenvalue weighted by Gasteiger charge is 2.23. The van der Waals surface area contributed by atoms with Crippen LogP contribution in [-0.2, 0) is 0 Å². The zero-order valence-corrected chi connectivity index (χ0v) is 12.8. The second kappa shape index (κ2) is 7.17. The van der Waals surface area contributed by atoms with E-state index in [0.29, 0.717) is 11.9 Å². The number of likely N-dealkylation sites (tertiary alicyclic amines) is 1. The molecule has 0 amide bonds. The Morgan fingerprint density at radius 3 is 2.91 bits per heavy atom. The maximum absolute atomic E-state index is 5.13. The molecular weight excluding hydrogens is 278 g/mol. The van der Waals surface area contributed by atoms with Gasteiger partial charge in [0.2, 0.25) is 5.88 Å². The van der Waals surface area contributed by atoms with Crippen LogP contribution in [0.2, 0.25) is 0 Å². The number of anilines is 1. The molecule has 1 N–H and O–H groups in total. The Bertz CT molecular complexity index is 586. The van der Waals surface area contributed by atoms with Crippen LogP contribution in [0.1, 0.15) is 24.4 Å². The SMILES string of the molecule is COc1cc(NC[C@@H](c2cccnc2)N2CCCC2)ncn1. The van der Waals surface area contributed by atoms with Gasteiger partial charge < -0.3 is 10.1 Å². The van der Waals surface area contributed by atoms with Crippen LogP contribution in [-0.4, -0.2) is 46.6 Å². The molecule has 0 aliphatic carbocycles. The molecule has 1 saturated heterocycles. The number of aromatic nitrogens is 3. The van der Waals surface area contributed by atoms with E-state index in [-0.39, 0.29) is 0 Å². The highest BCUT2D eigenvalue weighted by molar-refractivity contribution is 5.37. The molecule has 6 nitrogen and oxygen atoms in total. The molecule has 0 saturated carbocycles. The summed E-state index contributed by atoms with van der Waals surface area (Å²) in [6.07, 6.45) is 7.80. The maximum atomic E-state index is 5.13. The lowest BCUT2D eigenvalue weighted by atomic mass is 10.1. The number of hydrogen-bond donors (Lipinski definition) is 1. The normalized spacial score (nSPS) is 16.4. The van der Waals surface area contributed by atoms with Gasteiger partial charge in [-0.1, -0.05) is 6.07 Å². The molecule has 0 spiro atoms. The summed E-state index contributed by atoms with van der Waals surface area (Å²) in [6.45, 7) is 3.05. The largest absolute Gasteiger partial charge is 0.481 e. The van der Waals surface area contributed by atoms with Crippen LogP contribution in [0.4, 0.5) is 5.82 Å². The van der Waals surface area contributed by atoms with E-state index in [0.717, 1.165) is 25.5 Å². The summed E-state index contributed by atoms with van der Waals surface area (Å²) < 4.78 is 5.13. The predicted octanol–water partition coefficient (Wildman–Crippen LogP) is 2.13. The van der Waals surface area contributed by atoms with Gasteiger partial charge in [0, 0.05) is 25.0 Å². The first-order valence-corrected chi connectivity index (χ1v) is 7.60. The van der Waals surface area contributed by atoms with Crippen LogP contribution in [0.3, 0.4) is 0 Å². The quantitative estimate of drug-likeness (QED) is 0.881. The van der Waals surface area contributed by atoms with Crippen LogP contribution < -0.4 is 10.1 Å². The number of rotatable bonds is 6. The first-order valence-electron chi connectivity index (χ1n) is 7.60. The third kappa shape index (κ3) is 3.51. The highest BCUT2D eigenvalue weighted by atomic mass is 16.5. The topological polar surface area (TPSA) is 63.2 Å². The van der Waals surface area contributed by atoms with E-state index in [1.165, 1.54) is 24.7 Å². The Morgan fingerprint density at radius 1 is 1.32 bits per heavy atom. The van der Waals surface area contributed by atoms with Crippen molar-refractivity contribution in [1.29, 1.82) is 0 Å². The fraction of sp³-hybridized carbons (Fsp3) is 0.438. The van der Waals surface area contributed by atoms with Crippen LogP contribution in [0.25, 0.3) is 0 Å². The molecule has 22 heavy (non-hydrogen) atoms. The molecule has 116 valence electrons. The minimum absolute atomic E-state index is 0.303. The van der Waals surface area contributed by atoms with Gasteiger partial charge in [-0.05, 0) is 37.6 Å². The molecule has 1 aliphatic heterocycles. The number of methoxy groups -OCH3 is 1. The molecule has 1 aliphatic rings. The molecule has 1 atom stereocenters. The van der Waals surface area contributed by atoms with Crippen molar-refractivity contribution in [3.05, 3.63) is 42.5 Å². The number of nitrogens with zero attached hydrogens (tertiary/aromatic N) is 4. The summed E-state index contributed by atoms with van der Waals surface area (Å²) in [5.41, 5.74) is 1.23. The molecule has 0 radical (unpaired) electrons. The van der Waals surface area contributed by atoms with Gasteiger partial charge in [0.05, 0.1) is 13.2 Å². The minimum Gasteiger partial charge on any atom is -0.481 e. The third-order valence-electron chi connectivity index (χ3n) is 3.98. The van der Waals surface area contributed by atoms with Gasteiger partial charge in [-0.15, -0.1) is 0 Å². The molecule has 1 fully saturated rings. The molecule has 0 aromatic carbocycles. The Balaban J connectivity index is 1.72. The summed E-state index contributed by atoms with van der Waals surface area (Å²) in [4.78, 5) is 15.0. The van der Waals surface area contributed by atoms with Gasteiger partial charge in [0.25, 0.3) is 0 Å². The molecule has 0 bridgehead atoms. The van der Waals surface area contributed by atoms with Crippen LogP contribution in [0.15, 0.2) is 36.9 Å². The maximum Gasteiger partial charge on any atom is 0.218 e. The average molecular weight is 299 g/mol. The summed E-state index contributed by atoms with van der Waals surface area (Å²) in [5, 5.41) is 3.39. The van der Waals surface area contributed by atoms with Gasteiger partial charge >= 0.3 is 0 Å². The van der Waals surface area contributed by atoms with Crippen molar-refractivity contribution in [2.45, 2.75) is 18.9 Å². The Labute approximate surface area is 130 Å². The monoisotopic (exact) mass is 299 g/mol. The van der Waals surface area contributed by atoms with E-state index >= 15 is 0 Å². The van der Waals surface area contributed by atoms with Crippen molar-refractivity contribution in [2.24, 2.45) is 0 Å². The first-order chi connectivity index (χ1) is 10.9. The first kappa shape index (κ1) is 14.7. The van der Waals surface area contributed by atoms with E-state index < -0.39 is 0 Å². The number of pyridine rings is 1. The fourth-order valence-corrected chi connectivity index (χ4v) is 2.83. The van der Waals surface area contributed by atoms with Gasteiger partial charge in [-0.2, -0.15) is 0 Å². The lowest BCUT2D eigenvalue weighted by Crippen LogP contribution is -2.31. The summed E-state index contributed by atoms with van der Waals surface area (Å²) in [5.74, 6) is 1.34. The van der Waals surface area contributed by atoms with Gasteiger partial charge in [-0.25, -0.2) is 9.97 Å². The molecule has 0 unspecified atom stereocenters. The van der Waals surface area contributed by atoms with Gasteiger partial charge in [-0.3, -0.25) is 9.88 Å². The van der Waals surface area contributed by atoms with Crippen LogP contribution >= 0.6 is 0 Å². The molecule has 6 heteroatoms. The zero-order chi connectivity index (χ0) is 15.2. The smallest absolute Gasteiger partial charge is 0.218 e. The second-order valence-corrected chi connectivity index (χ2v) is 5.37. The van der Waals surface area contributed by atoms with E-state index in [2.05, 4.69) is 31.2 Å². The minimum atomic E-state index is 0.303. The molecule has 2 aromatic heterocycles. The molecule has 2 aromatic rings. The van der Waals surface area contributed by atoms with E-state index in [4.69, 9.17) is 4.74 Å². The second-order valence-electron chi connectivity index (χ2n) is 5.37. The van der Waals surface area contributed by atoms with Crippen molar-refractivity contribution in [1.82, 2.24) is 19.9 Å². The van der Waals surface area contributed by atoms with E-state index in [1.807, 2.05) is 24.5 Å². The highest BCUT2D eigenvalue weighted by Crippen LogP contribution is 2.25. The third-order valence-corrected chi connectivity index (χ3v) is 3.98. The summed E-state index contributed by atoms with van der Waals surface area (Å²) >= 11 is 0.